The number of fused-ring (bicyclic) bond motifs is 5. The molecule has 0 bridgehead atoms. The van der Waals surface area contributed by atoms with Crippen LogP contribution in [0.25, 0.3) is 0 Å². The van der Waals surface area contributed by atoms with Gasteiger partial charge >= 0.3 is 0 Å². The molecule has 4 aliphatic carbocycles. The number of ketones is 2. The first-order chi connectivity index (χ1) is 10.9. The number of hydrogen-bond donors (Lipinski definition) is 0. The van der Waals surface area contributed by atoms with E-state index in [1.165, 1.54) is 31.3 Å². The van der Waals surface area contributed by atoms with Crippen molar-refractivity contribution in [1.82, 2.24) is 0 Å². The van der Waals surface area contributed by atoms with Crippen LogP contribution in [0.1, 0.15) is 72.1 Å². The van der Waals surface area contributed by atoms with Crippen molar-refractivity contribution < 1.29 is 9.59 Å². The van der Waals surface area contributed by atoms with Gasteiger partial charge in [-0.1, -0.05) is 19.4 Å². The quantitative estimate of drug-likeness (QED) is 0.701. The van der Waals surface area contributed by atoms with Crippen molar-refractivity contribution in [3.05, 3.63) is 11.6 Å². The second-order valence-corrected chi connectivity index (χ2v) is 9.25. The Balaban J connectivity index is 1.67. The van der Waals surface area contributed by atoms with Crippen LogP contribution in [-0.2, 0) is 9.59 Å². The molecule has 126 valence electrons. The van der Waals surface area contributed by atoms with E-state index >= 15 is 0 Å². The molecule has 0 radical (unpaired) electrons. The number of hydrogen-bond acceptors (Lipinski definition) is 2. The Kier molecular flexibility index (Phi) is 3.42. The van der Waals surface area contributed by atoms with Crippen LogP contribution in [0.5, 0.6) is 0 Å². The van der Waals surface area contributed by atoms with Gasteiger partial charge in [-0.3, -0.25) is 9.59 Å². The first-order valence-corrected chi connectivity index (χ1v) is 9.60. The molecule has 3 saturated carbocycles. The molecule has 2 nitrogen and oxygen atoms in total. The van der Waals surface area contributed by atoms with Gasteiger partial charge in [0, 0.05) is 12.3 Å². The van der Waals surface area contributed by atoms with Crippen LogP contribution in [0.2, 0.25) is 0 Å². The highest BCUT2D eigenvalue weighted by atomic mass is 16.1. The fourth-order valence-electron chi connectivity index (χ4n) is 7.23. The zero-order valence-electron chi connectivity index (χ0n) is 14.9. The predicted molar refractivity (Wildman–Crippen MR) is 90.9 cm³/mol. The van der Waals surface area contributed by atoms with Crippen LogP contribution in [0, 0.1) is 34.5 Å². The lowest BCUT2D eigenvalue weighted by atomic mass is 9.47. The van der Waals surface area contributed by atoms with Gasteiger partial charge in [-0.15, -0.1) is 0 Å². The van der Waals surface area contributed by atoms with Crippen molar-refractivity contribution in [2.75, 3.05) is 0 Å². The molecule has 6 atom stereocenters. The SMILES string of the molecule is CC(=O)[C@H]1CC[C@@H]2[C@@H]3CCC4=CC(=O)CC[C@@]4(C)[C@@H]3CC[C@@]12C. The standard InChI is InChI=1S/C21H30O2/c1-13(22)17-6-7-18-16-5-4-14-12-15(23)8-10-20(14,2)19(16)9-11-21(17,18)3/h12,16-19H,4-11H2,1-3H3/t16-,17+,18+,19+,20+,21-/m0/s1. The first-order valence-electron chi connectivity index (χ1n) is 9.60. The summed E-state index contributed by atoms with van der Waals surface area (Å²) < 4.78 is 0. The summed E-state index contributed by atoms with van der Waals surface area (Å²) in [6.07, 6.45) is 10.9. The first kappa shape index (κ1) is 15.6. The van der Waals surface area contributed by atoms with E-state index in [4.69, 9.17) is 0 Å². The van der Waals surface area contributed by atoms with Gasteiger partial charge in [0.2, 0.25) is 0 Å². The Labute approximate surface area is 140 Å². The number of carbonyl (C=O) groups is 2. The van der Waals surface area contributed by atoms with Crippen LogP contribution in [-0.4, -0.2) is 11.6 Å². The van der Waals surface area contributed by atoms with E-state index in [0.717, 1.165) is 43.4 Å². The molecule has 4 aliphatic rings. The van der Waals surface area contributed by atoms with Gasteiger partial charge in [0.05, 0.1) is 0 Å². The molecule has 0 N–H and O–H groups in total. The highest BCUT2D eigenvalue weighted by Gasteiger charge is 2.59. The number of carbonyl (C=O) groups excluding carboxylic acids is 2. The maximum Gasteiger partial charge on any atom is 0.155 e. The Morgan fingerprint density at radius 2 is 1.83 bits per heavy atom. The fourth-order valence-corrected chi connectivity index (χ4v) is 7.23. The second kappa shape index (κ2) is 5.04. The van der Waals surface area contributed by atoms with Gasteiger partial charge in [0.25, 0.3) is 0 Å². The molecule has 0 aromatic carbocycles. The van der Waals surface area contributed by atoms with Crippen LogP contribution in [0.3, 0.4) is 0 Å². The largest absolute Gasteiger partial charge is 0.300 e. The van der Waals surface area contributed by atoms with E-state index in [1.807, 2.05) is 6.08 Å². The lowest BCUT2D eigenvalue weighted by molar-refractivity contribution is -0.128. The molecular weight excluding hydrogens is 284 g/mol. The van der Waals surface area contributed by atoms with Crippen molar-refractivity contribution in [3.63, 3.8) is 0 Å². The molecule has 0 aliphatic heterocycles. The number of Topliss-reactive ketones (excluding diaryl/α,β-unsaturated/α-hetero) is 1. The van der Waals surface area contributed by atoms with Gasteiger partial charge in [-0.2, -0.15) is 0 Å². The van der Waals surface area contributed by atoms with Gasteiger partial charge in [0.15, 0.2) is 5.78 Å². The normalized spacial score (nSPS) is 49.0. The number of rotatable bonds is 1. The second-order valence-electron chi connectivity index (χ2n) is 9.25. The van der Waals surface area contributed by atoms with Gasteiger partial charge in [0.1, 0.15) is 5.78 Å². The number of allylic oxidation sites excluding steroid dienone is 1. The molecule has 0 amide bonds. The minimum atomic E-state index is 0.245. The van der Waals surface area contributed by atoms with Gasteiger partial charge in [-0.05, 0) is 86.5 Å². The van der Waals surface area contributed by atoms with Crippen molar-refractivity contribution in [3.8, 4) is 0 Å². The van der Waals surface area contributed by atoms with E-state index in [2.05, 4.69) is 13.8 Å². The van der Waals surface area contributed by atoms with Crippen LogP contribution in [0.4, 0.5) is 0 Å². The summed E-state index contributed by atoms with van der Waals surface area (Å²) in [5.41, 5.74) is 1.95. The molecule has 0 aromatic rings. The predicted octanol–water partition coefficient (Wildman–Crippen LogP) is 4.72. The molecule has 0 saturated heterocycles. The molecule has 0 aromatic heterocycles. The summed E-state index contributed by atoms with van der Waals surface area (Å²) in [6.45, 7) is 6.65. The molecule has 2 heteroatoms. The average molecular weight is 314 g/mol. The zero-order chi connectivity index (χ0) is 16.4. The Bertz CT molecular complexity index is 589. The lowest BCUT2D eigenvalue weighted by Crippen LogP contribution is -2.51. The van der Waals surface area contributed by atoms with Crippen LogP contribution >= 0.6 is 0 Å². The third kappa shape index (κ3) is 2.06. The smallest absolute Gasteiger partial charge is 0.155 e. The maximum absolute atomic E-state index is 12.1. The minimum Gasteiger partial charge on any atom is -0.300 e. The van der Waals surface area contributed by atoms with Crippen molar-refractivity contribution in [2.24, 2.45) is 34.5 Å². The van der Waals surface area contributed by atoms with Crippen molar-refractivity contribution in [2.45, 2.75) is 72.1 Å². The van der Waals surface area contributed by atoms with E-state index in [1.54, 1.807) is 6.92 Å². The monoisotopic (exact) mass is 314 g/mol. The highest BCUT2D eigenvalue weighted by Crippen LogP contribution is 2.66. The summed E-state index contributed by atoms with van der Waals surface area (Å²) in [5, 5.41) is 0. The van der Waals surface area contributed by atoms with E-state index in [0.29, 0.717) is 17.5 Å². The molecule has 3 fully saturated rings. The molecule has 0 spiro atoms. The van der Waals surface area contributed by atoms with E-state index in [-0.39, 0.29) is 10.8 Å². The lowest BCUT2D eigenvalue weighted by Gasteiger charge is -2.58. The summed E-state index contributed by atoms with van der Waals surface area (Å²) >= 11 is 0. The molecule has 23 heavy (non-hydrogen) atoms. The van der Waals surface area contributed by atoms with Crippen molar-refractivity contribution in [1.29, 1.82) is 0 Å². The molecular formula is C21H30O2. The van der Waals surface area contributed by atoms with Gasteiger partial charge < -0.3 is 0 Å². The Morgan fingerprint density at radius 3 is 2.57 bits per heavy atom. The third-order valence-electron chi connectivity index (χ3n) is 8.45. The fraction of sp³-hybridized carbons (Fsp3) is 0.810. The summed E-state index contributed by atoms with van der Waals surface area (Å²) in [5.74, 6) is 3.29. The van der Waals surface area contributed by atoms with Crippen LogP contribution < -0.4 is 0 Å². The maximum atomic E-state index is 12.1. The summed E-state index contributed by atoms with van der Waals surface area (Å²) in [4.78, 5) is 24.0. The average Bonchev–Trinajstić information content (AvgIpc) is 2.85. The highest BCUT2D eigenvalue weighted by molar-refractivity contribution is 5.91. The summed E-state index contributed by atoms with van der Waals surface area (Å²) in [7, 11) is 0. The molecule has 0 unspecified atom stereocenters. The Morgan fingerprint density at radius 1 is 1.04 bits per heavy atom. The molecule has 4 rings (SSSR count). The summed E-state index contributed by atoms with van der Waals surface area (Å²) in [6, 6.07) is 0. The minimum absolute atomic E-state index is 0.245. The van der Waals surface area contributed by atoms with Crippen molar-refractivity contribution >= 4 is 11.6 Å². The van der Waals surface area contributed by atoms with E-state index in [9.17, 15) is 9.59 Å². The Hall–Kier alpha value is -0.920. The zero-order valence-corrected chi connectivity index (χ0v) is 14.9. The van der Waals surface area contributed by atoms with E-state index < -0.39 is 0 Å². The molecule has 0 heterocycles. The van der Waals surface area contributed by atoms with Gasteiger partial charge in [-0.25, -0.2) is 0 Å². The third-order valence-corrected chi connectivity index (χ3v) is 8.45. The van der Waals surface area contributed by atoms with Crippen LogP contribution in [0.15, 0.2) is 11.6 Å². The topological polar surface area (TPSA) is 34.1 Å².